The summed E-state index contributed by atoms with van der Waals surface area (Å²) < 4.78 is 92.4. The van der Waals surface area contributed by atoms with Gasteiger partial charge in [-0.05, 0) is 245 Å². The smallest absolute Gasteiger partial charge is 0.444 e. The van der Waals surface area contributed by atoms with E-state index in [0.29, 0.717) is 39.2 Å². The predicted molar refractivity (Wildman–Crippen MR) is 479 cm³/mol. The molecular weight excluding hydrogens is 1660 g/mol. The molecule has 7 aliphatic rings. The summed E-state index contributed by atoms with van der Waals surface area (Å²) in [4.78, 5) is 105. The number of ether oxygens (including phenoxy) is 4. The molecule has 4 atom stereocenters. The van der Waals surface area contributed by atoms with E-state index in [4.69, 9.17) is 38.2 Å². The van der Waals surface area contributed by atoms with Crippen LogP contribution in [0, 0.1) is 0 Å². The molecule has 0 aliphatic carbocycles. The van der Waals surface area contributed by atoms with Crippen LogP contribution in [0.15, 0.2) is 146 Å². The second kappa shape index (κ2) is 35.4. The van der Waals surface area contributed by atoms with E-state index in [-0.39, 0.29) is 108 Å². The zero-order valence-corrected chi connectivity index (χ0v) is 74.9. The first kappa shape index (κ1) is 93.5. The topological polar surface area (TPSA) is 253 Å². The van der Waals surface area contributed by atoms with Gasteiger partial charge in [0.25, 0.3) is 23.0 Å². The Labute approximate surface area is 721 Å². The van der Waals surface area contributed by atoms with Crippen molar-refractivity contribution in [2.75, 3.05) is 26.2 Å². The standard InChI is InChI=1S/C40H43F2N5O5.C29H37BN2O4.C17H18BrF2N3O3.4H2S/c1-38(2,3)51-36(49)46-15-7-8-32(46)31-19-28(21-43-31)26-12-11-23-16-25(10-9-24(23)17-26)27-13-14-29-30(18-27)44-34(45-35(29)48)33-20-40(41,42)22-47(33)37(50)52-39(4,5)6;1-27(2,3)34-26(33)32-14-8-9-25(32)24-17-22(18-31-24)20-10-11-21-16-23(13-12-19(21)15-20)30-35-28(4,5)29(6,7)36-30;1-16(2,3)26-15(25)23-8-17(19,20)7-12(23)13-21-11-6-9(18)4-5-10(11)14(24)22-13;;;;/h9-14,16-18,21,32-33H,7-8,15,19-20,22H2,1-6H3,(H,44,45,48);10-13,15-16,18,25H,8-9,14,17H2,1-7H3;4-6,12H,7-8H2,1-3H3,(H,21,22,24);4*1H2/t32-,33-;25-;12-;;;;/m000..../s1. The first-order chi connectivity index (χ1) is 53.2. The maximum atomic E-state index is 14.6. The van der Waals surface area contributed by atoms with E-state index in [0.717, 1.165) is 109 Å². The van der Waals surface area contributed by atoms with Crippen molar-refractivity contribution in [3.63, 3.8) is 0 Å². The third-order valence-corrected chi connectivity index (χ3v) is 21.7. The molecule has 5 fully saturated rings. The molecule has 22 nitrogen and oxygen atoms in total. The Bertz CT molecular complexity index is 5410. The number of carbonyl (C=O) groups excluding carboxylic acids is 4. The summed E-state index contributed by atoms with van der Waals surface area (Å²) in [5.74, 6) is -6.25. The molecule has 2 aromatic heterocycles. The minimum absolute atomic E-state index is 0. The summed E-state index contributed by atoms with van der Waals surface area (Å²) in [6.45, 7) is 29.3. The van der Waals surface area contributed by atoms with Gasteiger partial charge in [0.2, 0.25) is 0 Å². The maximum absolute atomic E-state index is 14.6. The summed E-state index contributed by atoms with van der Waals surface area (Å²) in [6, 6.07) is 33.1. The predicted octanol–water partition coefficient (Wildman–Crippen LogP) is 18.8. The molecule has 9 heterocycles. The highest BCUT2D eigenvalue weighted by Gasteiger charge is 2.54. The molecule has 0 unspecified atom stereocenters. The molecule has 0 saturated carbocycles. The lowest BCUT2D eigenvalue weighted by atomic mass is 9.78. The van der Waals surface area contributed by atoms with E-state index in [1.807, 2.05) is 77.0 Å². The highest BCUT2D eigenvalue weighted by Crippen LogP contribution is 2.44. The van der Waals surface area contributed by atoms with E-state index < -0.39 is 95.6 Å². The number of halogens is 5. The second-order valence-electron chi connectivity index (χ2n) is 35.4. The molecule has 6 aromatic carbocycles. The van der Waals surface area contributed by atoms with Gasteiger partial charge in [-0.25, -0.2) is 46.7 Å². The number of hydrogen-bond donors (Lipinski definition) is 2. The number of hydrogen-bond acceptors (Lipinski definition) is 16. The second-order valence-corrected chi connectivity index (χ2v) is 36.3. The van der Waals surface area contributed by atoms with Crippen molar-refractivity contribution in [2.45, 2.75) is 232 Å². The molecule has 4 amide bonds. The largest absolute Gasteiger partial charge is 0.494 e. The van der Waals surface area contributed by atoms with Crippen LogP contribution in [0.2, 0.25) is 0 Å². The van der Waals surface area contributed by atoms with Crippen LogP contribution in [0.3, 0.4) is 0 Å². The van der Waals surface area contributed by atoms with Crippen LogP contribution < -0.4 is 16.6 Å². The van der Waals surface area contributed by atoms with Gasteiger partial charge >= 0.3 is 31.5 Å². The number of H-pyrrole nitrogens is 2. The number of allylic oxidation sites excluding steroid dienone is 2. The van der Waals surface area contributed by atoms with Gasteiger partial charge in [-0.2, -0.15) is 54.0 Å². The Kier molecular flexibility index (Phi) is 28.0. The Balaban J connectivity index is 0.000000211. The zero-order valence-electron chi connectivity index (χ0n) is 69.3. The number of benzene rings is 6. The molecule has 0 spiro atoms. The third kappa shape index (κ3) is 21.5. The monoisotopic (exact) mass is 1760 g/mol. The molecule has 0 radical (unpaired) electrons. The van der Waals surface area contributed by atoms with E-state index in [9.17, 15) is 46.3 Å². The number of nitrogens with one attached hydrogen (secondary N) is 2. The van der Waals surface area contributed by atoms with Crippen LogP contribution in [-0.4, -0.2) is 166 Å². The van der Waals surface area contributed by atoms with Crippen LogP contribution in [0.25, 0.3) is 65.6 Å². The Morgan fingerprint density at radius 2 is 0.814 bits per heavy atom. The molecule has 0 bridgehead atoms. The number of rotatable bonds is 8. The number of aromatic nitrogens is 4. The Morgan fingerprint density at radius 1 is 0.466 bits per heavy atom. The lowest BCUT2D eigenvalue weighted by molar-refractivity contribution is -0.00249. The van der Waals surface area contributed by atoms with Gasteiger partial charge in [0.05, 0.1) is 70.3 Å². The number of alkyl halides is 4. The third-order valence-electron chi connectivity index (χ3n) is 21.2. The lowest BCUT2D eigenvalue weighted by Gasteiger charge is -2.32. The molecule has 118 heavy (non-hydrogen) atoms. The lowest BCUT2D eigenvalue weighted by Crippen LogP contribution is -2.43. The first-order valence-corrected chi connectivity index (χ1v) is 39.4. The number of aromatic amines is 2. The summed E-state index contributed by atoms with van der Waals surface area (Å²) in [5.41, 5.74) is 5.50. The van der Waals surface area contributed by atoms with Crippen molar-refractivity contribution in [3.8, 4) is 11.1 Å². The summed E-state index contributed by atoms with van der Waals surface area (Å²) in [5, 5.41) is 5.01. The maximum Gasteiger partial charge on any atom is 0.494 e. The van der Waals surface area contributed by atoms with E-state index in [2.05, 4.69) is 124 Å². The SMILES string of the molecule is CC(C)(C)OC(=O)N1CC(F)(F)C[C@H]1c1nc2cc(Br)ccc2c(=O)[nH]1.CC(C)(C)OC(=O)N1CCC[C@H]1C1=NC=C(c2ccc3cc(-c4ccc5c(=O)[nH]c([C@@H]6CC(F)(F)CN6C(=O)OC(C)(C)C)nc5c4)ccc3c2)C1.CC(C)(C)OC(=O)N1CCC[C@H]1C1=NC=C(c2ccc3cc(B4OC(C)(C)C(C)(C)O4)ccc3c2)C1.S.S.S.S. The fourth-order valence-corrected chi connectivity index (χ4v) is 15.5. The molecular formula is C86H106BBrF4N10O12S4. The van der Waals surface area contributed by atoms with Crippen LogP contribution >= 0.6 is 69.9 Å². The number of likely N-dealkylation sites (tertiary alicyclic amines) is 4. The van der Waals surface area contributed by atoms with Gasteiger partial charge in [0.1, 0.15) is 34.1 Å². The Morgan fingerprint density at radius 3 is 1.23 bits per heavy atom. The number of aliphatic imine (C=N–C) groups is 2. The van der Waals surface area contributed by atoms with Crippen LogP contribution in [-0.2, 0) is 28.3 Å². The average molecular weight is 1770 g/mol. The minimum atomic E-state index is -3.16. The van der Waals surface area contributed by atoms with Crippen molar-refractivity contribution in [2.24, 2.45) is 9.98 Å². The van der Waals surface area contributed by atoms with Crippen molar-refractivity contribution >= 4 is 173 Å². The van der Waals surface area contributed by atoms with Crippen molar-refractivity contribution < 1.29 is 65.0 Å². The fraction of sp³-hybridized carbons (Fsp3) is 0.465. The number of nitrogens with zero attached hydrogens (tertiary/aromatic N) is 8. The van der Waals surface area contributed by atoms with Gasteiger partial charge in [0, 0.05) is 67.1 Å². The van der Waals surface area contributed by atoms with E-state index in [1.165, 1.54) is 11.0 Å². The van der Waals surface area contributed by atoms with Crippen molar-refractivity contribution in [1.82, 2.24) is 39.5 Å². The van der Waals surface area contributed by atoms with E-state index >= 15 is 0 Å². The highest BCUT2D eigenvalue weighted by atomic mass is 79.9. The van der Waals surface area contributed by atoms with Crippen LogP contribution in [0.5, 0.6) is 0 Å². The summed E-state index contributed by atoms with van der Waals surface area (Å²) >= 11 is 3.29. The molecule has 2 N–H and O–H groups in total. The van der Waals surface area contributed by atoms with E-state index in [1.54, 1.807) is 76.8 Å². The van der Waals surface area contributed by atoms with Gasteiger partial charge < -0.3 is 38.2 Å². The van der Waals surface area contributed by atoms with Gasteiger partial charge in [-0.1, -0.05) is 76.6 Å². The van der Waals surface area contributed by atoms with Crippen LogP contribution in [0.4, 0.5) is 36.7 Å². The number of amides is 4. The molecule has 7 aliphatic heterocycles. The Hall–Kier alpha value is -8.40. The quantitative estimate of drug-likeness (QED) is 0.0815. The molecule has 8 aromatic rings. The first-order valence-electron chi connectivity index (χ1n) is 38.6. The minimum Gasteiger partial charge on any atom is -0.444 e. The highest BCUT2D eigenvalue weighted by molar-refractivity contribution is 9.10. The summed E-state index contributed by atoms with van der Waals surface area (Å²) in [7, 11) is -0.369. The number of fused-ring (bicyclic) bond motifs is 4. The van der Waals surface area contributed by atoms with Crippen molar-refractivity contribution in [1.29, 1.82) is 0 Å². The fourth-order valence-electron chi connectivity index (χ4n) is 15.1. The van der Waals surface area contributed by atoms with Crippen molar-refractivity contribution in [3.05, 3.63) is 170 Å². The van der Waals surface area contributed by atoms with Gasteiger partial charge in [0.15, 0.2) is 0 Å². The molecule has 634 valence electrons. The summed E-state index contributed by atoms with van der Waals surface area (Å²) in [6.07, 6.45) is 5.33. The van der Waals surface area contributed by atoms with Gasteiger partial charge in [-0.15, -0.1) is 0 Å². The number of carbonyl (C=O) groups is 4. The molecule has 5 saturated heterocycles. The zero-order chi connectivity index (χ0) is 82.3. The average Bonchev–Trinajstić information content (AvgIpc) is 1.54. The van der Waals surface area contributed by atoms with Crippen LogP contribution in [0.1, 0.15) is 197 Å². The normalized spacial score (nSPS) is 20.4. The molecule has 15 rings (SSSR count). The van der Waals surface area contributed by atoms with Gasteiger partial charge in [-0.3, -0.25) is 39.2 Å². The molecule has 32 heteroatoms.